The molecule has 1 unspecified atom stereocenters. The summed E-state index contributed by atoms with van der Waals surface area (Å²) in [6.07, 6.45) is 0.919. The van der Waals surface area contributed by atoms with Gasteiger partial charge in [0, 0.05) is 29.1 Å². The first-order valence-corrected chi connectivity index (χ1v) is 13.2. The minimum Gasteiger partial charge on any atom is -0.444 e. The summed E-state index contributed by atoms with van der Waals surface area (Å²) in [7, 11) is 0. The van der Waals surface area contributed by atoms with Crippen molar-refractivity contribution in [1.29, 1.82) is 0 Å². The number of aryl methyl sites for hydroxylation is 1. The van der Waals surface area contributed by atoms with E-state index in [4.69, 9.17) is 4.74 Å². The maximum atomic E-state index is 15.3. The predicted octanol–water partition coefficient (Wildman–Crippen LogP) is 7.17. The number of carbonyl (C=O) groups is 2. The third-order valence-electron chi connectivity index (χ3n) is 6.59. The number of halogens is 1. The topological polar surface area (TPSA) is 80.3 Å². The maximum absolute atomic E-state index is 15.3. The summed E-state index contributed by atoms with van der Waals surface area (Å²) < 4.78 is 20.8. The van der Waals surface area contributed by atoms with Crippen molar-refractivity contribution in [2.75, 3.05) is 5.32 Å². The first kappa shape index (κ1) is 28.5. The Labute approximate surface area is 234 Å². The molecule has 0 bridgehead atoms. The quantitative estimate of drug-likeness (QED) is 0.261. The molecule has 2 N–H and O–H groups in total. The van der Waals surface area contributed by atoms with E-state index < -0.39 is 35.4 Å². The average Bonchev–Trinajstić information content (AvgIpc) is 2.90. The van der Waals surface area contributed by atoms with Crippen LogP contribution >= 0.6 is 0 Å². The molecule has 0 saturated heterocycles. The molecule has 1 heterocycles. The van der Waals surface area contributed by atoms with Crippen molar-refractivity contribution in [2.45, 2.75) is 52.2 Å². The summed E-state index contributed by atoms with van der Waals surface area (Å²) in [6, 6.07) is 24.2. The zero-order chi connectivity index (χ0) is 28.9. The van der Waals surface area contributed by atoms with Crippen molar-refractivity contribution in [1.82, 2.24) is 10.3 Å². The van der Waals surface area contributed by atoms with Crippen LogP contribution in [0.1, 0.15) is 49.1 Å². The molecule has 4 aromatic rings. The third-order valence-corrected chi connectivity index (χ3v) is 6.59. The molecule has 0 aliphatic rings. The van der Waals surface area contributed by atoms with Crippen LogP contribution in [0.4, 0.5) is 14.9 Å². The molecule has 0 aliphatic heterocycles. The number of anilines is 1. The van der Waals surface area contributed by atoms with E-state index in [2.05, 4.69) is 15.6 Å². The number of amides is 2. The Morgan fingerprint density at radius 2 is 1.45 bits per heavy atom. The van der Waals surface area contributed by atoms with E-state index in [1.807, 2.05) is 74.5 Å². The monoisotopic (exact) mass is 539 g/mol. The van der Waals surface area contributed by atoms with Crippen LogP contribution in [-0.4, -0.2) is 28.6 Å². The number of nitrogens with zero attached hydrogens (tertiary/aromatic N) is 1. The molecule has 1 atom stereocenters. The Balaban J connectivity index is 1.70. The number of ether oxygens (including phenoxy) is 1. The number of alkyl carbamates (subject to hydrolysis) is 1. The van der Waals surface area contributed by atoms with Gasteiger partial charge in [0.25, 0.3) is 0 Å². The summed E-state index contributed by atoms with van der Waals surface area (Å²) in [5, 5.41) is 5.60. The van der Waals surface area contributed by atoms with Crippen molar-refractivity contribution in [3.63, 3.8) is 0 Å². The normalized spacial score (nSPS) is 12.1. The lowest BCUT2D eigenvalue weighted by Gasteiger charge is -2.29. The number of carbonyl (C=O) groups excluding carboxylic acids is 2. The molecule has 2 amide bonds. The molecular weight excluding hydrogens is 505 g/mol. The van der Waals surface area contributed by atoms with Gasteiger partial charge in [-0.15, -0.1) is 0 Å². The molecule has 3 aromatic carbocycles. The highest BCUT2D eigenvalue weighted by atomic mass is 19.1. The lowest BCUT2D eigenvalue weighted by molar-refractivity contribution is -0.118. The van der Waals surface area contributed by atoms with Gasteiger partial charge in [0.2, 0.25) is 5.91 Å². The molecule has 0 fully saturated rings. The third kappa shape index (κ3) is 6.91. The van der Waals surface area contributed by atoms with E-state index in [-0.39, 0.29) is 5.69 Å². The number of pyridine rings is 1. The van der Waals surface area contributed by atoms with Gasteiger partial charge in [-0.1, -0.05) is 60.7 Å². The van der Waals surface area contributed by atoms with E-state index >= 15 is 4.39 Å². The maximum Gasteiger partial charge on any atom is 0.408 e. The van der Waals surface area contributed by atoms with Crippen molar-refractivity contribution in [3.05, 3.63) is 119 Å². The first-order valence-electron chi connectivity index (χ1n) is 13.2. The number of benzene rings is 3. The van der Waals surface area contributed by atoms with Crippen LogP contribution in [0, 0.1) is 19.7 Å². The lowest BCUT2D eigenvalue weighted by Crippen LogP contribution is -2.49. The minimum atomic E-state index is -1.06. The highest BCUT2D eigenvalue weighted by Crippen LogP contribution is 2.31. The molecule has 4 rings (SSSR count). The molecule has 0 spiro atoms. The number of aromatic nitrogens is 1. The van der Waals surface area contributed by atoms with E-state index in [0.29, 0.717) is 5.56 Å². The Kier molecular flexibility index (Phi) is 8.63. The average molecular weight is 540 g/mol. The van der Waals surface area contributed by atoms with Crippen LogP contribution in [-0.2, 0) is 9.53 Å². The predicted molar refractivity (Wildman–Crippen MR) is 156 cm³/mol. The molecule has 1 aromatic heterocycles. The summed E-state index contributed by atoms with van der Waals surface area (Å²) in [5.74, 6) is -1.53. The molecule has 206 valence electrons. The van der Waals surface area contributed by atoms with Crippen LogP contribution in [0.15, 0.2) is 91.1 Å². The largest absolute Gasteiger partial charge is 0.444 e. The summed E-state index contributed by atoms with van der Waals surface area (Å²) in [5.41, 5.74) is 4.01. The molecule has 0 aliphatic carbocycles. The van der Waals surface area contributed by atoms with Gasteiger partial charge < -0.3 is 15.4 Å². The molecular formula is C33H34FN3O3. The van der Waals surface area contributed by atoms with E-state index in [1.54, 1.807) is 45.2 Å². The van der Waals surface area contributed by atoms with Crippen LogP contribution in [0.2, 0.25) is 0 Å². The van der Waals surface area contributed by atoms with Crippen molar-refractivity contribution in [2.24, 2.45) is 0 Å². The van der Waals surface area contributed by atoms with Crippen molar-refractivity contribution < 1.29 is 18.7 Å². The van der Waals surface area contributed by atoms with Crippen LogP contribution in [0.5, 0.6) is 0 Å². The van der Waals surface area contributed by atoms with Crippen molar-refractivity contribution >= 4 is 17.7 Å². The fourth-order valence-corrected chi connectivity index (χ4v) is 4.60. The number of hydrogen-bond acceptors (Lipinski definition) is 4. The second-order valence-corrected chi connectivity index (χ2v) is 10.7. The Bertz CT molecular complexity index is 1440. The van der Waals surface area contributed by atoms with Gasteiger partial charge in [-0.25, -0.2) is 9.18 Å². The second kappa shape index (κ2) is 12.1. The zero-order valence-electron chi connectivity index (χ0n) is 23.4. The lowest BCUT2D eigenvalue weighted by atomic mass is 9.84. The fourth-order valence-electron chi connectivity index (χ4n) is 4.60. The van der Waals surface area contributed by atoms with E-state index in [0.717, 1.165) is 27.9 Å². The summed E-state index contributed by atoms with van der Waals surface area (Å²) in [4.78, 5) is 31.0. The standard InChI is InChI=1S/C33H34FN3O3/c1-21-22(2)35-19-18-26(21)27-17-16-25(20-28(27)34)36-31(38)30(37-32(39)40-33(3,4)5)29(23-12-8-6-9-13-23)24-14-10-7-11-15-24/h6-20,29-30H,1-5H3,(H,36,38)(H,37,39). The number of nitrogens with one attached hydrogen (secondary N) is 2. The smallest absolute Gasteiger partial charge is 0.408 e. The highest BCUT2D eigenvalue weighted by molar-refractivity contribution is 5.98. The van der Waals surface area contributed by atoms with Crippen LogP contribution in [0.25, 0.3) is 11.1 Å². The van der Waals surface area contributed by atoms with E-state index in [9.17, 15) is 9.59 Å². The Morgan fingerprint density at radius 1 is 0.850 bits per heavy atom. The van der Waals surface area contributed by atoms with Crippen LogP contribution in [0.3, 0.4) is 0 Å². The molecule has 40 heavy (non-hydrogen) atoms. The first-order chi connectivity index (χ1) is 19.0. The molecule has 6 nitrogen and oxygen atoms in total. The molecule has 0 saturated carbocycles. The highest BCUT2D eigenvalue weighted by Gasteiger charge is 2.34. The van der Waals surface area contributed by atoms with Gasteiger partial charge in [-0.3, -0.25) is 9.78 Å². The number of rotatable bonds is 7. The van der Waals surface area contributed by atoms with E-state index in [1.165, 1.54) is 6.07 Å². The Hall–Kier alpha value is -4.52. The summed E-state index contributed by atoms with van der Waals surface area (Å²) in [6.45, 7) is 9.03. The van der Waals surface area contributed by atoms with Gasteiger partial charge in [-0.2, -0.15) is 0 Å². The van der Waals surface area contributed by atoms with Gasteiger partial charge in [0.05, 0.1) is 0 Å². The number of hydrogen-bond donors (Lipinski definition) is 2. The van der Waals surface area contributed by atoms with Gasteiger partial charge >= 0.3 is 6.09 Å². The molecule has 7 heteroatoms. The van der Waals surface area contributed by atoms with Crippen molar-refractivity contribution in [3.8, 4) is 11.1 Å². The van der Waals surface area contributed by atoms with Gasteiger partial charge in [-0.05, 0) is 81.1 Å². The van der Waals surface area contributed by atoms with Crippen LogP contribution < -0.4 is 10.6 Å². The second-order valence-electron chi connectivity index (χ2n) is 10.7. The summed E-state index contributed by atoms with van der Waals surface area (Å²) >= 11 is 0. The fraction of sp³-hybridized carbons (Fsp3) is 0.242. The van der Waals surface area contributed by atoms with Gasteiger partial charge in [0.1, 0.15) is 17.5 Å². The minimum absolute atomic E-state index is 0.269. The molecule has 0 radical (unpaired) electrons. The SMILES string of the molecule is Cc1nccc(-c2ccc(NC(=O)C(NC(=O)OC(C)(C)C)C(c3ccccc3)c3ccccc3)cc2F)c1C. The zero-order valence-corrected chi connectivity index (χ0v) is 23.4. The van der Waals surface area contributed by atoms with Gasteiger partial charge in [0.15, 0.2) is 0 Å². The Morgan fingerprint density at radius 3 is 2.00 bits per heavy atom.